The molecule has 3 aliphatic rings. The fourth-order valence-electron chi connectivity index (χ4n) is 5.60. The van der Waals surface area contributed by atoms with E-state index in [4.69, 9.17) is 0 Å². The van der Waals surface area contributed by atoms with Crippen LogP contribution in [-0.2, 0) is 25.7 Å². The number of rotatable bonds is 10. The van der Waals surface area contributed by atoms with Crippen molar-refractivity contribution in [1.29, 1.82) is 0 Å². The lowest BCUT2D eigenvalue weighted by Gasteiger charge is -2.17. The summed E-state index contributed by atoms with van der Waals surface area (Å²) in [6.45, 7) is 2.06. The number of nitrogens with one attached hydrogen (secondary N) is 2. The highest BCUT2D eigenvalue weighted by atomic mass is 32.2. The van der Waals surface area contributed by atoms with Crippen LogP contribution in [0.4, 0.5) is 11.4 Å². The van der Waals surface area contributed by atoms with E-state index in [9.17, 15) is 19.2 Å². The monoisotopic (exact) mass is 626 g/mol. The van der Waals surface area contributed by atoms with Crippen molar-refractivity contribution in [2.75, 3.05) is 36.0 Å². The normalized spacial score (nSPS) is 20.0. The van der Waals surface area contributed by atoms with Gasteiger partial charge in [0.2, 0.25) is 23.6 Å². The van der Waals surface area contributed by atoms with Gasteiger partial charge in [-0.2, -0.15) is 0 Å². The number of carbonyl (C=O) groups is 4. The van der Waals surface area contributed by atoms with Gasteiger partial charge in [0.15, 0.2) is 0 Å². The Balaban J connectivity index is 0.960. The zero-order valence-corrected chi connectivity index (χ0v) is 25.9. The molecule has 2 atom stereocenters. The van der Waals surface area contributed by atoms with Gasteiger partial charge < -0.3 is 20.4 Å². The summed E-state index contributed by atoms with van der Waals surface area (Å²) in [5.41, 5.74) is 3.34. The number of hydrogen-bond donors (Lipinski definition) is 2. The minimum atomic E-state index is -0.358. The Morgan fingerprint density at radius 3 is 1.80 bits per heavy atom. The van der Waals surface area contributed by atoms with Crippen molar-refractivity contribution in [1.82, 2.24) is 9.80 Å². The van der Waals surface area contributed by atoms with Crippen molar-refractivity contribution < 1.29 is 19.2 Å². The second kappa shape index (κ2) is 13.7. The summed E-state index contributed by atoms with van der Waals surface area (Å²) >= 11 is 3.40. The van der Waals surface area contributed by atoms with E-state index < -0.39 is 0 Å². The summed E-state index contributed by atoms with van der Waals surface area (Å²) in [6.07, 6.45) is 7.67. The lowest BCUT2D eigenvalue weighted by atomic mass is 10.1. The zero-order valence-electron chi connectivity index (χ0n) is 24.2. The van der Waals surface area contributed by atoms with E-state index in [2.05, 4.69) is 16.7 Å². The molecule has 2 aromatic carbocycles. The quantitative estimate of drug-likeness (QED) is 0.281. The predicted octanol–water partition coefficient (Wildman–Crippen LogP) is 5.71. The molecule has 2 N–H and O–H groups in total. The highest BCUT2D eigenvalue weighted by molar-refractivity contribution is 8.03. The van der Waals surface area contributed by atoms with Crippen LogP contribution in [0.1, 0.15) is 35.3 Å². The topological polar surface area (TPSA) is 98.8 Å². The van der Waals surface area contributed by atoms with Gasteiger partial charge in [-0.1, -0.05) is 48.6 Å². The number of thiophene rings is 1. The van der Waals surface area contributed by atoms with Crippen molar-refractivity contribution in [2.45, 2.75) is 25.8 Å². The molecule has 2 unspecified atom stereocenters. The number of hydrogen-bond acceptors (Lipinski definition) is 6. The van der Waals surface area contributed by atoms with Gasteiger partial charge in [0.1, 0.15) is 0 Å². The molecular weight excluding hydrogens is 593 g/mol. The van der Waals surface area contributed by atoms with E-state index in [-0.39, 0.29) is 48.3 Å². The van der Waals surface area contributed by atoms with Crippen LogP contribution in [-0.4, -0.2) is 58.8 Å². The van der Waals surface area contributed by atoms with Crippen LogP contribution in [0.2, 0.25) is 0 Å². The van der Waals surface area contributed by atoms with Gasteiger partial charge >= 0.3 is 0 Å². The molecule has 0 radical (unpaired) electrons. The van der Waals surface area contributed by atoms with Crippen LogP contribution < -0.4 is 10.6 Å². The number of likely N-dealkylation sites (tertiary alicyclic amines) is 2. The highest BCUT2D eigenvalue weighted by Gasteiger charge is 2.35. The van der Waals surface area contributed by atoms with Crippen molar-refractivity contribution in [2.24, 2.45) is 11.8 Å². The molecule has 4 amide bonds. The van der Waals surface area contributed by atoms with E-state index >= 15 is 0 Å². The smallest absolute Gasteiger partial charge is 0.229 e. The molecular formula is C34H34N4O4S2. The molecule has 0 bridgehead atoms. The lowest BCUT2D eigenvalue weighted by Crippen LogP contribution is -2.29. The molecule has 4 heterocycles. The molecule has 8 nitrogen and oxygen atoms in total. The maximum absolute atomic E-state index is 12.8. The average molecular weight is 627 g/mol. The Hall–Kier alpha value is -4.15. The van der Waals surface area contributed by atoms with Crippen LogP contribution in [0.15, 0.2) is 77.0 Å². The molecule has 44 heavy (non-hydrogen) atoms. The minimum absolute atomic E-state index is 0.0124. The molecule has 10 heteroatoms. The van der Waals surface area contributed by atoms with Crippen molar-refractivity contribution >= 4 is 70.3 Å². The Morgan fingerprint density at radius 1 is 0.773 bits per heavy atom. The van der Waals surface area contributed by atoms with Gasteiger partial charge in [-0.15, -0.1) is 23.1 Å². The standard InChI is InChI=1S/C34H34N4O4S2/c39-31-17-25(19-37(31)21-29-3-1-15-43-29)33(41)35-27-11-7-23(8-12-27)5-6-24-9-13-28(14-10-24)36-34(42)26-18-32(40)38(20-26)22-30-4-2-16-44-30/h1,3-15,25-26H,2,16-22H2,(H,35,41)(H,36,42)/b6-5+. The second-order valence-electron chi connectivity index (χ2n) is 11.3. The molecule has 2 saturated heterocycles. The van der Waals surface area contributed by atoms with Crippen LogP contribution in [0.3, 0.4) is 0 Å². The van der Waals surface area contributed by atoms with E-state index in [1.807, 2.05) is 78.2 Å². The van der Waals surface area contributed by atoms with Crippen LogP contribution in [0, 0.1) is 11.8 Å². The van der Waals surface area contributed by atoms with Crippen LogP contribution in [0.5, 0.6) is 0 Å². The maximum Gasteiger partial charge on any atom is 0.229 e. The van der Waals surface area contributed by atoms with Crippen molar-refractivity contribution in [3.05, 3.63) is 93.0 Å². The van der Waals surface area contributed by atoms with Crippen LogP contribution >= 0.6 is 23.1 Å². The third kappa shape index (κ3) is 7.49. The van der Waals surface area contributed by atoms with Crippen LogP contribution in [0.25, 0.3) is 12.2 Å². The van der Waals surface area contributed by atoms with E-state index in [1.165, 1.54) is 4.91 Å². The third-order valence-corrected chi connectivity index (χ3v) is 10.0. The molecule has 0 aliphatic carbocycles. The number of nitrogens with zero attached hydrogens (tertiary/aromatic N) is 2. The summed E-state index contributed by atoms with van der Waals surface area (Å²) in [6, 6.07) is 19.1. The molecule has 226 valence electrons. The first-order valence-corrected chi connectivity index (χ1v) is 16.7. The molecule has 0 spiro atoms. The average Bonchev–Trinajstić information content (AvgIpc) is 3.85. The van der Waals surface area contributed by atoms with Gasteiger partial charge in [0.25, 0.3) is 0 Å². The summed E-state index contributed by atoms with van der Waals surface area (Å²) in [5.74, 6) is 0.159. The maximum atomic E-state index is 12.8. The second-order valence-corrected chi connectivity index (χ2v) is 13.5. The SMILES string of the molecule is O=C(Nc1ccc(/C=C/c2ccc(NC(=O)C3CC(=O)N(Cc4cccs4)C3)cc2)cc1)C1CC(=O)N(CC2=CCCS2)C1. The zero-order chi connectivity index (χ0) is 30.5. The summed E-state index contributed by atoms with van der Waals surface area (Å²) in [5, 5.41) is 7.90. The summed E-state index contributed by atoms with van der Waals surface area (Å²) < 4.78 is 0. The van der Waals surface area contributed by atoms with Gasteiger partial charge in [0, 0.05) is 52.8 Å². The molecule has 6 rings (SSSR count). The Bertz CT molecular complexity index is 1580. The van der Waals surface area contributed by atoms with Crippen molar-refractivity contribution in [3.63, 3.8) is 0 Å². The Morgan fingerprint density at radius 2 is 1.32 bits per heavy atom. The number of thioether (sulfide) groups is 1. The highest BCUT2D eigenvalue weighted by Crippen LogP contribution is 2.29. The summed E-state index contributed by atoms with van der Waals surface area (Å²) in [7, 11) is 0. The molecule has 0 saturated carbocycles. The number of anilines is 2. The van der Waals surface area contributed by atoms with Gasteiger partial charge in [0.05, 0.1) is 24.9 Å². The molecule has 3 aliphatic heterocycles. The number of carbonyl (C=O) groups excluding carboxylic acids is 4. The van der Waals surface area contributed by atoms with Gasteiger partial charge in [-0.3, -0.25) is 19.2 Å². The molecule has 3 aromatic rings. The number of amides is 4. The predicted molar refractivity (Wildman–Crippen MR) is 177 cm³/mol. The first kappa shape index (κ1) is 29.9. The number of benzene rings is 2. The van der Waals surface area contributed by atoms with Gasteiger partial charge in [-0.25, -0.2) is 0 Å². The van der Waals surface area contributed by atoms with E-state index in [0.29, 0.717) is 37.6 Å². The fourth-order valence-corrected chi connectivity index (χ4v) is 7.30. The van der Waals surface area contributed by atoms with E-state index in [0.717, 1.165) is 28.2 Å². The van der Waals surface area contributed by atoms with Crippen molar-refractivity contribution in [3.8, 4) is 0 Å². The third-order valence-electron chi connectivity index (χ3n) is 8.05. The lowest BCUT2D eigenvalue weighted by molar-refractivity contribution is -0.128. The fraction of sp³-hybridized carbons (Fsp3) is 0.294. The minimum Gasteiger partial charge on any atom is -0.337 e. The molecule has 1 aromatic heterocycles. The Labute approximate surface area is 265 Å². The summed E-state index contributed by atoms with van der Waals surface area (Å²) in [4.78, 5) is 56.4. The first-order chi connectivity index (χ1) is 21.4. The van der Waals surface area contributed by atoms with Gasteiger partial charge in [-0.05, 0) is 53.3 Å². The first-order valence-electron chi connectivity index (χ1n) is 14.8. The molecule has 2 fully saturated rings. The van der Waals surface area contributed by atoms with E-state index in [1.54, 1.807) is 32.9 Å². The Kier molecular flexibility index (Phi) is 9.28. The number of allylic oxidation sites excluding steroid dienone is 1. The largest absolute Gasteiger partial charge is 0.337 e.